The monoisotopic (exact) mass is 338 g/mol. The number of hydrogen-bond donors (Lipinski definition) is 0. The molecule has 1 heterocycles. The first-order valence-corrected chi connectivity index (χ1v) is 7.79. The molecule has 2 aromatic carbocycles. The Morgan fingerprint density at radius 2 is 1.46 bits per heavy atom. The van der Waals surface area contributed by atoms with Gasteiger partial charge < -0.3 is 9.30 Å². The maximum atomic E-state index is 9.16. The molecule has 0 radical (unpaired) electrons. The van der Waals surface area contributed by atoms with E-state index in [-0.39, 0.29) is 11.4 Å². The second-order valence-electron chi connectivity index (χ2n) is 5.47. The Kier molecular flexibility index (Phi) is 4.70. The molecule has 0 spiro atoms. The highest BCUT2D eigenvalue weighted by Gasteiger charge is 2.15. The fourth-order valence-electron chi connectivity index (χ4n) is 2.48. The Morgan fingerprint density at radius 1 is 0.885 bits per heavy atom. The van der Waals surface area contributed by atoms with E-state index in [1.165, 1.54) is 0 Å². The topological polar surface area (TPSA) is 74.6 Å². The molecule has 0 bridgehead atoms. The van der Waals surface area contributed by atoms with Crippen LogP contribution in [0.1, 0.15) is 22.5 Å². The van der Waals surface area contributed by atoms with Gasteiger partial charge in [-0.3, -0.25) is 0 Å². The Morgan fingerprint density at radius 3 is 1.92 bits per heavy atom. The van der Waals surface area contributed by atoms with Crippen LogP contribution in [-0.2, 0) is 7.05 Å². The molecule has 3 rings (SSSR count). The minimum Gasteiger partial charge on any atom is -0.497 e. The third-order valence-electron chi connectivity index (χ3n) is 3.89. The molecule has 1 aromatic heterocycles. The van der Waals surface area contributed by atoms with Gasteiger partial charge in [-0.1, -0.05) is 24.0 Å². The summed E-state index contributed by atoms with van der Waals surface area (Å²) in [5.74, 6) is 7.58. The molecule has 0 aliphatic carbocycles. The quantitative estimate of drug-likeness (QED) is 0.672. The second-order valence-corrected chi connectivity index (χ2v) is 5.47. The summed E-state index contributed by atoms with van der Waals surface area (Å²) in [6.45, 7) is 0. The van der Waals surface area contributed by atoms with Crippen LogP contribution in [0.3, 0.4) is 0 Å². The van der Waals surface area contributed by atoms with Crippen molar-refractivity contribution in [3.8, 4) is 41.1 Å². The highest BCUT2D eigenvalue weighted by Crippen LogP contribution is 2.21. The second kappa shape index (κ2) is 7.26. The van der Waals surface area contributed by atoms with Crippen LogP contribution < -0.4 is 4.74 Å². The van der Waals surface area contributed by atoms with Crippen LogP contribution in [0.5, 0.6) is 5.75 Å². The molecule has 3 aromatic rings. The van der Waals surface area contributed by atoms with Crippen LogP contribution in [0, 0.1) is 34.5 Å². The predicted molar refractivity (Wildman–Crippen MR) is 97.0 cm³/mol. The summed E-state index contributed by atoms with van der Waals surface area (Å²) in [6.07, 6.45) is 0. The largest absolute Gasteiger partial charge is 0.497 e. The van der Waals surface area contributed by atoms with E-state index in [1.807, 2.05) is 60.7 Å². The van der Waals surface area contributed by atoms with Gasteiger partial charge in [-0.15, -0.1) is 0 Å². The molecule has 0 N–H and O–H groups in total. The molecule has 124 valence electrons. The van der Waals surface area contributed by atoms with Gasteiger partial charge in [0.15, 0.2) is 11.4 Å². The number of nitriles is 2. The van der Waals surface area contributed by atoms with Crippen LogP contribution in [-0.4, -0.2) is 16.7 Å². The van der Waals surface area contributed by atoms with Gasteiger partial charge >= 0.3 is 0 Å². The van der Waals surface area contributed by atoms with Gasteiger partial charge in [-0.05, 0) is 36.4 Å². The summed E-state index contributed by atoms with van der Waals surface area (Å²) in [6, 6.07) is 19.0. The fourth-order valence-corrected chi connectivity index (χ4v) is 2.48. The number of aromatic nitrogens is 2. The summed E-state index contributed by atoms with van der Waals surface area (Å²) < 4.78 is 6.75. The van der Waals surface area contributed by atoms with E-state index < -0.39 is 0 Å². The molecule has 0 fully saturated rings. The van der Waals surface area contributed by atoms with E-state index >= 15 is 0 Å². The summed E-state index contributed by atoms with van der Waals surface area (Å²) in [5, 5.41) is 18.2. The molecular formula is C21H14N4O. The standard InChI is InChI=1S/C21H14N4O/c1-25-20(14-23)19(13-22)24-21(25)17-9-5-15(6-10-17)3-4-16-7-11-18(26-2)12-8-16/h5-12H,1-2H3. The van der Waals surface area contributed by atoms with Crippen molar-refractivity contribution < 1.29 is 4.74 Å². The first kappa shape index (κ1) is 16.8. The van der Waals surface area contributed by atoms with E-state index in [1.54, 1.807) is 18.7 Å². The highest BCUT2D eigenvalue weighted by atomic mass is 16.5. The molecule has 0 aliphatic heterocycles. The minimum atomic E-state index is 0.133. The Balaban J connectivity index is 1.86. The number of imidazole rings is 1. The SMILES string of the molecule is COc1ccc(C#Cc2ccc(-c3nc(C#N)c(C#N)n3C)cc2)cc1. The van der Waals surface area contributed by atoms with Crippen molar-refractivity contribution in [3.63, 3.8) is 0 Å². The van der Waals surface area contributed by atoms with Crippen LogP contribution in [0.15, 0.2) is 48.5 Å². The zero-order valence-corrected chi connectivity index (χ0v) is 14.3. The molecule has 0 saturated carbocycles. The average molecular weight is 338 g/mol. The molecular weight excluding hydrogens is 324 g/mol. The zero-order valence-electron chi connectivity index (χ0n) is 14.3. The van der Waals surface area contributed by atoms with Crippen LogP contribution >= 0.6 is 0 Å². The lowest BCUT2D eigenvalue weighted by molar-refractivity contribution is 0.415. The first-order valence-electron chi connectivity index (χ1n) is 7.79. The van der Waals surface area contributed by atoms with Crippen molar-refractivity contribution in [2.24, 2.45) is 7.05 Å². The van der Waals surface area contributed by atoms with Crippen molar-refractivity contribution in [2.75, 3.05) is 7.11 Å². The Labute approximate surface area is 151 Å². The van der Waals surface area contributed by atoms with Gasteiger partial charge in [-0.25, -0.2) is 4.98 Å². The maximum absolute atomic E-state index is 9.16. The van der Waals surface area contributed by atoms with Crippen molar-refractivity contribution in [3.05, 3.63) is 71.0 Å². The molecule has 5 nitrogen and oxygen atoms in total. The number of rotatable bonds is 2. The van der Waals surface area contributed by atoms with E-state index in [9.17, 15) is 0 Å². The van der Waals surface area contributed by atoms with Crippen molar-refractivity contribution >= 4 is 0 Å². The highest BCUT2D eigenvalue weighted by molar-refractivity contribution is 5.61. The van der Waals surface area contributed by atoms with E-state index in [4.69, 9.17) is 15.3 Å². The molecule has 0 unspecified atom stereocenters. The van der Waals surface area contributed by atoms with E-state index in [0.29, 0.717) is 5.82 Å². The lowest BCUT2D eigenvalue weighted by Gasteiger charge is -2.02. The molecule has 0 amide bonds. The van der Waals surface area contributed by atoms with Gasteiger partial charge in [0.25, 0.3) is 0 Å². The van der Waals surface area contributed by atoms with Crippen molar-refractivity contribution in [1.82, 2.24) is 9.55 Å². The van der Waals surface area contributed by atoms with E-state index in [2.05, 4.69) is 16.8 Å². The number of benzene rings is 2. The Bertz CT molecular complexity index is 1080. The summed E-state index contributed by atoms with van der Waals surface area (Å²) in [7, 11) is 3.35. The summed E-state index contributed by atoms with van der Waals surface area (Å²) in [5.41, 5.74) is 2.97. The fraction of sp³-hybridized carbons (Fsp3) is 0.0952. The molecule has 0 saturated heterocycles. The number of methoxy groups -OCH3 is 1. The Hall–Kier alpha value is -4.01. The van der Waals surface area contributed by atoms with Crippen molar-refractivity contribution in [1.29, 1.82) is 10.5 Å². The number of hydrogen-bond acceptors (Lipinski definition) is 4. The molecule has 0 atom stereocenters. The zero-order chi connectivity index (χ0) is 18.5. The van der Waals surface area contributed by atoms with Crippen LogP contribution in [0.2, 0.25) is 0 Å². The molecule has 26 heavy (non-hydrogen) atoms. The van der Waals surface area contributed by atoms with Gasteiger partial charge in [0.05, 0.1) is 7.11 Å². The maximum Gasteiger partial charge on any atom is 0.177 e. The van der Waals surface area contributed by atoms with Gasteiger partial charge in [0.2, 0.25) is 0 Å². The summed E-state index contributed by atoms with van der Waals surface area (Å²) in [4.78, 5) is 4.24. The third-order valence-corrected chi connectivity index (χ3v) is 3.89. The smallest absolute Gasteiger partial charge is 0.177 e. The van der Waals surface area contributed by atoms with Gasteiger partial charge in [0.1, 0.15) is 23.7 Å². The van der Waals surface area contributed by atoms with Gasteiger partial charge in [0, 0.05) is 23.7 Å². The lowest BCUT2D eigenvalue weighted by atomic mass is 10.1. The molecule has 0 aliphatic rings. The predicted octanol–water partition coefficient (Wildman–Crippen LogP) is 3.24. The van der Waals surface area contributed by atoms with Crippen molar-refractivity contribution in [2.45, 2.75) is 0 Å². The number of nitrogens with zero attached hydrogens (tertiary/aromatic N) is 4. The average Bonchev–Trinajstić information content (AvgIpc) is 3.02. The van der Waals surface area contributed by atoms with Crippen LogP contribution in [0.25, 0.3) is 11.4 Å². The normalized spacial score (nSPS) is 9.54. The van der Waals surface area contributed by atoms with E-state index in [0.717, 1.165) is 22.4 Å². The lowest BCUT2D eigenvalue weighted by Crippen LogP contribution is -1.95. The third kappa shape index (κ3) is 3.26. The first-order chi connectivity index (χ1) is 12.7. The molecule has 5 heteroatoms. The van der Waals surface area contributed by atoms with Gasteiger partial charge in [-0.2, -0.15) is 10.5 Å². The van der Waals surface area contributed by atoms with Crippen LogP contribution in [0.4, 0.5) is 0 Å². The summed E-state index contributed by atoms with van der Waals surface area (Å²) >= 11 is 0. The number of ether oxygens (including phenoxy) is 1. The minimum absolute atomic E-state index is 0.133.